The second kappa shape index (κ2) is 12.1. The van der Waals surface area contributed by atoms with Crippen LogP contribution >= 0.6 is 0 Å². The summed E-state index contributed by atoms with van der Waals surface area (Å²) in [7, 11) is 0. The van der Waals surface area contributed by atoms with Crippen molar-refractivity contribution in [2.45, 2.75) is 39.7 Å². The number of allylic oxidation sites excluding steroid dienone is 1. The van der Waals surface area contributed by atoms with Crippen LogP contribution in [0.4, 0.5) is 5.69 Å². The molecular formula is C31H40N4O3. The van der Waals surface area contributed by atoms with E-state index >= 15 is 0 Å². The summed E-state index contributed by atoms with van der Waals surface area (Å²) in [5.41, 5.74) is 6.74. The Morgan fingerprint density at radius 3 is 2.61 bits per heavy atom. The molecule has 4 heterocycles. The lowest BCUT2D eigenvalue weighted by atomic mass is 9.96. The van der Waals surface area contributed by atoms with Gasteiger partial charge in [-0.3, -0.25) is 14.7 Å². The molecule has 2 saturated heterocycles. The largest absolute Gasteiger partial charge is 0.466 e. The van der Waals surface area contributed by atoms with Gasteiger partial charge < -0.3 is 19.4 Å². The van der Waals surface area contributed by atoms with Gasteiger partial charge in [-0.1, -0.05) is 25.1 Å². The molecule has 0 bridgehead atoms. The van der Waals surface area contributed by atoms with Crippen LogP contribution in [0, 0.1) is 11.8 Å². The number of nitrogens with zero attached hydrogens (tertiary/aromatic N) is 3. The number of carbonyl (C=O) groups excluding carboxylic acids is 1. The van der Waals surface area contributed by atoms with Crippen molar-refractivity contribution in [2.24, 2.45) is 11.8 Å². The van der Waals surface area contributed by atoms with E-state index in [4.69, 9.17) is 14.5 Å². The van der Waals surface area contributed by atoms with Gasteiger partial charge in [0.05, 0.1) is 31.4 Å². The molecule has 2 aliphatic rings. The Kier molecular flexibility index (Phi) is 8.45. The number of piperidine rings is 1. The standard InChI is InChI=1S/C31H40N4O3/c1-4-22(3)18-25-20-29-28(19-26(32-29)21-34-14-16-37-17-15-34)30(33-25)23-6-8-27(9-7-23)35-12-10-24(11-13-35)31(36)38-5-2/h4,6-9,19-20,22,24,32H,1,5,10-18,21H2,2-3H3. The highest BCUT2D eigenvalue weighted by Gasteiger charge is 2.26. The number of morpholine rings is 1. The first-order valence-electron chi connectivity index (χ1n) is 14.0. The van der Waals surface area contributed by atoms with Gasteiger partial charge in [0.1, 0.15) is 0 Å². The van der Waals surface area contributed by atoms with Crippen molar-refractivity contribution in [1.29, 1.82) is 0 Å². The Morgan fingerprint density at radius 1 is 1.18 bits per heavy atom. The third-order valence-electron chi connectivity index (χ3n) is 7.78. The van der Waals surface area contributed by atoms with Gasteiger partial charge in [0.15, 0.2) is 0 Å². The van der Waals surface area contributed by atoms with Crippen LogP contribution in [0.5, 0.6) is 0 Å². The van der Waals surface area contributed by atoms with E-state index in [1.54, 1.807) is 0 Å². The van der Waals surface area contributed by atoms with E-state index in [0.29, 0.717) is 12.5 Å². The maximum absolute atomic E-state index is 12.1. The molecule has 0 radical (unpaired) electrons. The van der Waals surface area contributed by atoms with Crippen LogP contribution in [0.1, 0.15) is 38.1 Å². The number of carbonyl (C=O) groups is 1. The summed E-state index contributed by atoms with van der Waals surface area (Å²) in [6.07, 6.45) is 4.52. The molecule has 1 aromatic carbocycles. The summed E-state index contributed by atoms with van der Waals surface area (Å²) < 4.78 is 10.7. The lowest BCUT2D eigenvalue weighted by Crippen LogP contribution is -2.36. The summed E-state index contributed by atoms with van der Waals surface area (Å²) in [5.74, 6) is 0.321. The molecule has 2 fully saturated rings. The highest BCUT2D eigenvalue weighted by Crippen LogP contribution is 2.32. The molecule has 7 nitrogen and oxygen atoms in total. The maximum Gasteiger partial charge on any atom is 0.309 e. The molecule has 5 rings (SSSR count). The van der Waals surface area contributed by atoms with Gasteiger partial charge in [0, 0.05) is 66.3 Å². The number of rotatable bonds is 9. The van der Waals surface area contributed by atoms with Crippen LogP contribution in [-0.2, 0) is 27.2 Å². The normalized spacial score (nSPS) is 18.0. The Morgan fingerprint density at radius 2 is 1.92 bits per heavy atom. The number of hydrogen-bond acceptors (Lipinski definition) is 6. The van der Waals surface area contributed by atoms with Crippen molar-refractivity contribution in [1.82, 2.24) is 14.9 Å². The zero-order valence-corrected chi connectivity index (χ0v) is 22.7. The van der Waals surface area contributed by atoms with Gasteiger partial charge in [0.2, 0.25) is 0 Å². The molecule has 2 aromatic heterocycles. The van der Waals surface area contributed by atoms with Gasteiger partial charge in [-0.05, 0) is 56.4 Å². The van der Waals surface area contributed by atoms with Crippen LogP contribution in [0.25, 0.3) is 22.2 Å². The average Bonchev–Trinajstić information content (AvgIpc) is 3.35. The molecule has 7 heteroatoms. The van der Waals surface area contributed by atoms with Crippen LogP contribution in [0.2, 0.25) is 0 Å². The number of aromatic nitrogens is 2. The summed E-state index contributed by atoms with van der Waals surface area (Å²) in [4.78, 5) is 25.7. The fourth-order valence-electron chi connectivity index (χ4n) is 5.53. The van der Waals surface area contributed by atoms with E-state index in [0.717, 1.165) is 93.1 Å². The highest BCUT2D eigenvalue weighted by molar-refractivity contribution is 5.94. The van der Waals surface area contributed by atoms with Gasteiger partial charge >= 0.3 is 5.97 Å². The lowest BCUT2D eigenvalue weighted by Gasteiger charge is -2.32. The third-order valence-corrected chi connectivity index (χ3v) is 7.78. The number of anilines is 1. The number of ether oxygens (including phenoxy) is 2. The van der Waals surface area contributed by atoms with Gasteiger partial charge in [-0.2, -0.15) is 0 Å². The van der Waals surface area contributed by atoms with E-state index in [1.807, 2.05) is 13.0 Å². The predicted molar refractivity (Wildman–Crippen MR) is 152 cm³/mol. The first-order chi connectivity index (χ1) is 18.5. The molecule has 202 valence electrons. The Bertz CT molecular complexity index is 1240. The number of pyridine rings is 1. The minimum absolute atomic E-state index is 0.0175. The van der Waals surface area contributed by atoms with Crippen molar-refractivity contribution in [2.75, 3.05) is 50.9 Å². The van der Waals surface area contributed by atoms with Crippen LogP contribution < -0.4 is 4.90 Å². The number of hydrogen-bond donors (Lipinski definition) is 1. The number of benzene rings is 1. The minimum atomic E-state index is -0.0530. The van der Waals surface area contributed by atoms with E-state index in [-0.39, 0.29) is 11.9 Å². The molecule has 1 unspecified atom stereocenters. The molecule has 0 aliphatic carbocycles. The molecule has 1 N–H and O–H groups in total. The van der Waals surface area contributed by atoms with Crippen molar-refractivity contribution in [3.8, 4) is 11.3 Å². The number of esters is 1. The number of fused-ring (bicyclic) bond motifs is 1. The third kappa shape index (κ3) is 6.11. The fourth-order valence-corrected chi connectivity index (χ4v) is 5.53. The average molecular weight is 517 g/mol. The zero-order valence-electron chi connectivity index (χ0n) is 22.7. The van der Waals surface area contributed by atoms with Gasteiger partial charge in [0.25, 0.3) is 0 Å². The van der Waals surface area contributed by atoms with Gasteiger partial charge in [-0.25, -0.2) is 0 Å². The monoisotopic (exact) mass is 516 g/mol. The van der Waals surface area contributed by atoms with Crippen molar-refractivity contribution in [3.05, 3.63) is 60.4 Å². The van der Waals surface area contributed by atoms with E-state index in [9.17, 15) is 4.79 Å². The highest BCUT2D eigenvalue weighted by atomic mass is 16.5. The number of H-pyrrole nitrogens is 1. The van der Waals surface area contributed by atoms with Crippen LogP contribution in [0.3, 0.4) is 0 Å². The second-order valence-electron chi connectivity index (χ2n) is 10.6. The first-order valence-corrected chi connectivity index (χ1v) is 14.0. The molecule has 0 amide bonds. The van der Waals surface area contributed by atoms with Crippen molar-refractivity contribution >= 4 is 22.6 Å². The van der Waals surface area contributed by atoms with Crippen LogP contribution in [-0.4, -0.2) is 66.8 Å². The summed E-state index contributed by atoms with van der Waals surface area (Å²) in [6, 6.07) is 13.2. The first kappa shape index (κ1) is 26.4. The summed E-state index contributed by atoms with van der Waals surface area (Å²) >= 11 is 0. The van der Waals surface area contributed by atoms with Crippen molar-refractivity contribution < 1.29 is 14.3 Å². The Labute approximate surface area is 225 Å². The Hall–Kier alpha value is -3.16. The molecule has 0 spiro atoms. The zero-order chi connectivity index (χ0) is 26.5. The summed E-state index contributed by atoms with van der Waals surface area (Å²) in [6.45, 7) is 14.6. The SMILES string of the molecule is C=CC(C)Cc1cc2[nH]c(CN3CCOCC3)cc2c(-c2ccc(N3CCC(C(=O)OCC)CC3)cc2)n1. The molecule has 2 aliphatic heterocycles. The van der Waals surface area contributed by atoms with Crippen LogP contribution in [0.15, 0.2) is 49.1 Å². The molecule has 1 atom stereocenters. The molecule has 0 saturated carbocycles. The van der Waals surface area contributed by atoms with E-state index < -0.39 is 0 Å². The van der Waals surface area contributed by atoms with Gasteiger partial charge in [-0.15, -0.1) is 6.58 Å². The topological polar surface area (TPSA) is 70.7 Å². The Balaban J connectivity index is 1.38. The number of nitrogens with one attached hydrogen (secondary N) is 1. The van der Waals surface area contributed by atoms with E-state index in [1.165, 1.54) is 11.4 Å². The molecule has 38 heavy (non-hydrogen) atoms. The van der Waals surface area contributed by atoms with E-state index in [2.05, 4.69) is 64.7 Å². The van der Waals surface area contributed by atoms with Crippen molar-refractivity contribution in [3.63, 3.8) is 0 Å². The molecular weight excluding hydrogens is 476 g/mol. The fraction of sp³-hybridized carbons (Fsp3) is 0.484. The maximum atomic E-state index is 12.1. The molecule has 3 aromatic rings. The lowest BCUT2D eigenvalue weighted by molar-refractivity contribution is -0.148. The second-order valence-corrected chi connectivity index (χ2v) is 10.6. The number of aromatic amines is 1. The quantitative estimate of drug-likeness (QED) is 0.311. The predicted octanol–water partition coefficient (Wildman–Crippen LogP) is 5.21. The smallest absolute Gasteiger partial charge is 0.309 e. The summed E-state index contributed by atoms with van der Waals surface area (Å²) in [5, 5.41) is 1.16. The minimum Gasteiger partial charge on any atom is -0.466 e.